The highest BCUT2D eigenvalue weighted by Gasteiger charge is 2.53. The molecular formula is C14H19FN2O3S. The summed E-state index contributed by atoms with van der Waals surface area (Å²) in [6.07, 6.45) is 0.731. The molecule has 0 aromatic heterocycles. The van der Waals surface area contributed by atoms with Crippen LogP contribution in [0.5, 0.6) is 0 Å². The topological polar surface area (TPSA) is 81.4 Å². The Hall–Kier alpha value is -1.02. The van der Waals surface area contributed by atoms with Gasteiger partial charge in [0, 0.05) is 18.6 Å². The highest BCUT2D eigenvalue weighted by atomic mass is 32.2. The number of aryl methyl sites for hydroxylation is 2. The third-order valence-electron chi connectivity index (χ3n) is 4.43. The molecule has 1 saturated carbocycles. The SMILES string of the molecule is Cc1cc(F)cc(C)c1S(=O)(=O)NC1C(N)C2CCOC21. The minimum Gasteiger partial charge on any atom is -0.376 e. The van der Waals surface area contributed by atoms with Crippen LogP contribution in [0.3, 0.4) is 0 Å². The molecule has 1 aromatic rings. The van der Waals surface area contributed by atoms with Crippen molar-refractivity contribution in [2.24, 2.45) is 11.7 Å². The largest absolute Gasteiger partial charge is 0.376 e. The summed E-state index contributed by atoms with van der Waals surface area (Å²) in [6, 6.07) is 1.80. The Morgan fingerprint density at radius 2 is 1.95 bits per heavy atom. The molecule has 1 aromatic carbocycles. The van der Waals surface area contributed by atoms with Crippen LogP contribution in [0.25, 0.3) is 0 Å². The van der Waals surface area contributed by atoms with Crippen molar-refractivity contribution in [3.8, 4) is 0 Å². The van der Waals surface area contributed by atoms with Gasteiger partial charge in [0.15, 0.2) is 0 Å². The Morgan fingerprint density at radius 1 is 1.33 bits per heavy atom. The Labute approximate surface area is 123 Å². The van der Waals surface area contributed by atoms with Gasteiger partial charge in [0.05, 0.1) is 17.0 Å². The lowest BCUT2D eigenvalue weighted by Gasteiger charge is -2.45. The highest BCUT2D eigenvalue weighted by molar-refractivity contribution is 7.89. The van der Waals surface area contributed by atoms with Crippen molar-refractivity contribution in [3.05, 3.63) is 29.1 Å². The van der Waals surface area contributed by atoms with Gasteiger partial charge in [-0.2, -0.15) is 0 Å². The molecule has 4 atom stereocenters. The average molecular weight is 314 g/mol. The van der Waals surface area contributed by atoms with E-state index in [1.165, 1.54) is 12.1 Å². The summed E-state index contributed by atoms with van der Waals surface area (Å²) in [5, 5.41) is 0. The smallest absolute Gasteiger partial charge is 0.241 e. The standard InChI is InChI=1S/C14H19FN2O3S/c1-7-5-9(15)6-8(2)14(7)21(18,19)17-12-11(16)10-3-4-20-13(10)12/h5-6,10-13,17H,3-4,16H2,1-2H3. The van der Waals surface area contributed by atoms with Crippen molar-refractivity contribution >= 4 is 10.0 Å². The van der Waals surface area contributed by atoms with E-state index in [-0.39, 0.29) is 23.0 Å². The van der Waals surface area contributed by atoms with Crippen LogP contribution in [0.15, 0.2) is 17.0 Å². The second kappa shape index (κ2) is 5.01. The van der Waals surface area contributed by atoms with Gasteiger partial charge < -0.3 is 10.5 Å². The monoisotopic (exact) mass is 314 g/mol. The van der Waals surface area contributed by atoms with Crippen molar-refractivity contribution < 1.29 is 17.5 Å². The van der Waals surface area contributed by atoms with Crippen LogP contribution in [0.2, 0.25) is 0 Å². The highest BCUT2D eigenvalue weighted by Crippen LogP contribution is 2.38. The van der Waals surface area contributed by atoms with Gasteiger partial charge in [-0.15, -0.1) is 0 Å². The average Bonchev–Trinajstić information content (AvgIpc) is 2.79. The van der Waals surface area contributed by atoms with E-state index in [0.717, 1.165) is 6.42 Å². The molecule has 3 rings (SSSR count). The number of halogens is 1. The normalized spacial score (nSPS) is 31.8. The van der Waals surface area contributed by atoms with E-state index < -0.39 is 21.9 Å². The Kier molecular flexibility index (Phi) is 3.56. The van der Waals surface area contributed by atoms with Crippen LogP contribution >= 0.6 is 0 Å². The quantitative estimate of drug-likeness (QED) is 0.866. The molecule has 0 spiro atoms. The third kappa shape index (κ3) is 2.38. The fraction of sp³-hybridized carbons (Fsp3) is 0.571. The van der Waals surface area contributed by atoms with Crippen LogP contribution in [0.4, 0.5) is 4.39 Å². The minimum absolute atomic E-state index is 0.123. The molecule has 0 radical (unpaired) electrons. The van der Waals surface area contributed by atoms with Crippen molar-refractivity contribution in [3.63, 3.8) is 0 Å². The van der Waals surface area contributed by atoms with Gasteiger partial charge in [0.2, 0.25) is 10.0 Å². The van der Waals surface area contributed by atoms with Gasteiger partial charge in [-0.1, -0.05) is 0 Å². The van der Waals surface area contributed by atoms with E-state index in [1.54, 1.807) is 13.8 Å². The number of ether oxygens (including phenoxy) is 1. The number of nitrogens with one attached hydrogen (secondary N) is 1. The van der Waals surface area contributed by atoms with Crippen molar-refractivity contribution in [2.45, 2.75) is 43.4 Å². The molecule has 2 aliphatic rings. The second-order valence-electron chi connectivity index (χ2n) is 5.88. The molecule has 4 unspecified atom stereocenters. The molecule has 5 nitrogen and oxygen atoms in total. The third-order valence-corrected chi connectivity index (χ3v) is 6.20. The molecule has 0 bridgehead atoms. The molecule has 1 aliphatic carbocycles. The number of nitrogens with two attached hydrogens (primary N) is 1. The number of sulfonamides is 1. The Morgan fingerprint density at radius 3 is 2.57 bits per heavy atom. The Bertz CT molecular complexity index is 654. The van der Waals surface area contributed by atoms with Crippen LogP contribution < -0.4 is 10.5 Å². The van der Waals surface area contributed by atoms with Gasteiger partial charge in [-0.25, -0.2) is 17.5 Å². The summed E-state index contributed by atoms with van der Waals surface area (Å²) in [5.41, 5.74) is 6.80. The number of hydrogen-bond donors (Lipinski definition) is 2. The zero-order valence-electron chi connectivity index (χ0n) is 12.0. The molecule has 21 heavy (non-hydrogen) atoms. The summed E-state index contributed by atoms with van der Waals surface area (Å²) in [7, 11) is -3.75. The van der Waals surface area contributed by atoms with Crippen LogP contribution in [-0.2, 0) is 14.8 Å². The lowest BCUT2D eigenvalue weighted by molar-refractivity contribution is -0.00924. The number of hydrogen-bond acceptors (Lipinski definition) is 4. The zero-order chi connectivity index (χ0) is 15.4. The summed E-state index contributed by atoms with van der Waals surface area (Å²) in [5.74, 6) is -0.211. The molecule has 1 saturated heterocycles. The second-order valence-corrected chi connectivity index (χ2v) is 7.53. The van der Waals surface area contributed by atoms with Crippen molar-refractivity contribution in [1.29, 1.82) is 0 Å². The minimum atomic E-state index is -3.75. The van der Waals surface area contributed by atoms with E-state index in [1.807, 2.05) is 0 Å². The van der Waals surface area contributed by atoms with E-state index in [4.69, 9.17) is 10.5 Å². The van der Waals surface area contributed by atoms with Gasteiger partial charge in [-0.3, -0.25) is 0 Å². The first-order valence-corrected chi connectivity index (χ1v) is 8.46. The van der Waals surface area contributed by atoms with Crippen molar-refractivity contribution in [2.75, 3.05) is 6.61 Å². The van der Waals surface area contributed by atoms with Crippen LogP contribution in [0, 0.1) is 25.6 Å². The molecule has 2 fully saturated rings. The molecule has 0 amide bonds. The molecule has 116 valence electrons. The van der Waals surface area contributed by atoms with Gasteiger partial charge in [0.25, 0.3) is 0 Å². The molecular weight excluding hydrogens is 295 g/mol. The predicted molar refractivity (Wildman–Crippen MR) is 75.8 cm³/mol. The van der Waals surface area contributed by atoms with Crippen LogP contribution in [-0.4, -0.2) is 33.2 Å². The maximum Gasteiger partial charge on any atom is 0.241 e. The summed E-state index contributed by atoms with van der Waals surface area (Å²) >= 11 is 0. The number of fused-ring (bicyclic) bond motifs is 1. The molecule has 1 heterocycles. The fourth-order valence-electron chi connectivity index (χ4n) is 3.45. The first-order valence-electron chi connectivity index (χ1n) is 6.97. The Balaban J connectivity index is 1.88. The van der Waals surface area contributed by atoms with Gasteiger partial charge >= 0.3 is 0 Å². The molecule has 3 N–H and O–H groups in total. The zero-order valence-corrected chi connectivity index (χ0v) is 12.8. The number of benzene rings is 1. The maximum absolute atomic E-state index is 13.3. The van der Waals surface area contributed by atoms with E-state index in [2.05, 4.69) is 4.72 Å². The summed E-state index contributed by atoms with van der Waals surface area (Å²) in [6.45, 7) is 3.79. The first-order chi connectivity index (χ1) is 9.81. The number of rotatable bonds is 3. The first kappa shape index (κ1) is 14.9. The van der Waals surface area contributed by atoms with E-state index in [0.29, 0.717) is 17.7 Å². The summed E-state index contributed by atoms with van der Waals surface area (Å²) in [4.78, 5) is 0.123. The van der Waals surface area contributed by atoms with Crippen molar-refractivity contribution in [1.82, 2.24) is 4.72 Å². The van der Waals surface area contributed by atoms with Gasteiger partial charge in [0.1, 0.15) is 5.82 Å². The lowest BCUT2D eigenvalue weighted by Crippen LogP contribution is -2.68. The summed E-state index contributed by atoms with van der Waals surface area (Å²) < 4.78 is 46.6. The maximum atomic E-state index is 13.3. The molecule has 7 heteroatoms. The predicted octanol–water partition coefficient (Wildman–Crippen LogP) is 0.835. The molecule has 1 aliphatic heterocycles. The van der Waals surface area contributed by atoms with E-state index >= 15 is 0 Å². The van der Waals surface area contributed by atoms with Gasteiger partial charge in [-0.05, 0) is 43.5 Å². The van der Waals surface area contributed by atoms with Crippen LogP contribution in [0.1, 0.15) is 17.5 Å². The fourth-order valence-corrected chi connectivity index (χ4v) is 5.19. The lowest BCUT2D eigenvalue weighted by atomic mass is 9.73. The van der Waals surface area contributed by atoms with E-state index in [9.17, 15) is 12.8 Å².